The second kappa shape index (κ2) is 5.29. The van der Waals surface area contributed by atoms with Gasteiger partial charge in [-0.2, -0.15) is 0 Å². The zero-order chi connectivity index (χ0) is 14.1. The molecular weight excluding hydrogens is 248 g/mol. The molecule has 4 heteroatoms. The van der Waals surface area contributed by atoms with Gasteiger partial charge in [0.1, 0.15) is 0 Å². The van der Waals surface area contributed by atoms with Gasteiger partial charge >= 0.3 is 0 Å². The van der Waals surface area contributed by atoms with Crippen molar-refractivity contribution < 1.29 is 0 Å². The van der Waals surface area contributed by atoms with Crippen LogP contribution in [0.3, 0.4) is 0 Å². The fourth-order valence-electron chi connectivity index (χ4n) is 2.95. The lowest BCUT2D eigenvalue weighted by atomic mass is 9.92. The highest BCUT2D eigenvalue weighted by Gasteiger charge is 2.21. The predicted molar refractivity (Wildman–Crippen MR) is 79.5 cm³/mol. The van der Waals surface area contributed by atoms with E-state index in [9.17, 15) is 0 Å². The molecule has 0 fully saturated rings. The molecule has 1 aliphatic rings. The summed E-state index contributed by atoms with van der Waals surface area (Å²) in [4.78, 5) is 13.8. The Kier molecular flexibility index (Phi) is 3.49. The fourth-order valence-corrected chi connectivity index (χ4v) is 2.95. The summed E-state index contributed by atoms with van der Waals surface area (Å²) in [6, 6.07) is 4.49. The average Bonchev–Trinajstić information content (AvgIpc) is 2.45. The van der Waals surface area contributed by atoms with Gasteiger partial charge in [0, 0.05) is 40.4 Å². The van der Waals surface area contributed by atoms with Crippen LogP contribution in [0.25, 0.3) is 11.4 Å². The largest absolute Gasteiger partial charge is 0.313 e. The molecule has 1 aliphatic carbocycles. The number of pyridine rings is 1. The molecule has 1 atom stereocenters. The highest BCUT2D eigenvalue weighted by molar-refractivity contribution is 5.56. The van der Waals surface area contributed by atoms with Crippen molar-refractivity contribution >= 4 is 0 Å². The Morgan fingerprint density at radius 1 is 1.15 bits per heavy atom. The zero-order valence-electron chi connectivity index (χ0n) is 12.3. The van der Waals surface area contributed by atoms with Crippen molar-refractivity contribution in [3.05, 3.63) is 41.0 Å². The van der Waals surface area contributed by atoms with Crippen LogP contribution in [0.2, 0.25) is 0 Å². The Labute approximate surface area is 119 Å². The smallest absolute Gasteiger partial charge is 0.159 e. The molecule has 20 heavy (non-hydrogen) atoms. The van der Waals surface area contributed by atoms with Crippen LogP contribution in [-0.4, -0.2) is 22.0 Å². The summed E-state index contributed by atoms with van der Waals surface area (Å²) in [6.07, 6.45) is 5.39. The summed E-state index contributed by atoms with van der Waals surface area (Å²) < 4.78 is 0. The monoisotopic (exact) mass is 268 g/mol. The molecule has 0 aromatic carbocycles. The molecule has 104 valence electrons. The quantitative estimate of drug-likeness (QED) is 0.910. The first kappa shape index (κ1) is 13.2. The maximum atomic E-state index is 4.79. The van der Waals surface area contributed by atoms with Gasteiger partial charge in [-0.3, -0.25) is 4.98 Å². The van der Waals surface area contributed by atoms with Gasteiger partial charge in [0.25, 0.3) is 0 Å². The van der Waals surface area contributed by atoms with Gasteiger partial charge < -0.3 is 5.32 Å². The van der Waals surface area contributed by atoms with Crippen molar-refractivity contribution in [1.82, 2.24) is 20.3 Å². The van der Waals surface area contributed by atoms with Crippen LogP contribution < -0.4 is 5.32 Å². The fraction of sp³-hybridized carbons (Fsp3) is 0.438. The molecule has 0 spiro atoms. The van der Waals surface area contributed by atoms with Gasteiger partial charge in [0.15, 0.2) is 5.82 Å². The first-order chi connectivity index (χ1) is 9.67. The number of nitrogens with one attached hydrogen (secondary N) is 1. The number of fused-ring (bicyclic) bond motifs is 1. The molecule has 0 radical (unpaired) electrons. The van der Waals surface area contributed by atoms with E-state index in [1.165, 1.54) is 24.1 Å². The van der Waals surface area contributed by atoms with Gasteiger partial charge in [-0.15, -0.1) is 0 Å². The van der Waals surface area contributed by atoms with Crippen LogP contribution in [0, 0.1) is 13.8 Å². The van der Waals surface area contributed by atoms with E-state index in [-0.39, 0.29) is 0 Å². The SMILES string of the molecule is CNC1CCCc2nc(-c3cc(C)nc(C)c3)ncc21. The summed E-state index contributed by atoms with van der Waals surface area (Å²) in [5, 5.41) is 3.35. The first-order valence-corrected chi connectivity index (χ1v) is 7.16. The van der Waals surface area contributed by atoms with Gasteiger partial charge in [-0.25, -0.2) is 9.97 Å². The Morgan fingerprint density at radius 2 is 1.90 bits per heavy atom. The minimum absolute atomic E-state index is 0.397. The van der Waals surface area contributed by atoms with Crippen molar-refractivity contribution in [2.45, 2.75) is 39.2 Å². The van der Waals surface area contributed by atoms with Crippen LogP contribution >= 0.6 is 0 Å². The minimum atomic E-state index is 0.397. The molecule has 1 unspecified atom stereocenters. The molecule has 0 saturated heterocycles. The predicted octanol–water partition coefficient (Wildman–Crippen LogP) is 2.75. The van der Waals surface area contributed by atoms with Crippen LogP contribution in [-0.2, 0) is 6.42 Å². The molecule has 2 aromatic rings. The summed E-state index contributed by atoms with van der Waals surface area (Å²) in [7, 11) is 2.00. The summed E-state index contributed by atoms with van der Waals surface area (Å²) in [5.41, 5.74) is 5.52. The van der Waals surface area contributed by atoms with E-state index in [0.717, 1.165) is 29.2 Å². The first-order valence-electron chi connectivity index (χ1n) is 7.16. The second-order valence-corrected chi connectivity index (χ2v) is 5.47. The van der Waals surface area contributed by atoms with E-state index in [2.05, 4.69) is 15.3 Å². The third-order valence-electron chi connectivity index (χ3n) is 3.87. The minimum Gasteiger partial charge on any atom is -0.313 e. The normalized spacial score (nSPS) is 17.9. The van der Waals surface area contributed by atoms with Crippen LogP contribution in [0.5, 0.6) is 0 Å². The molecule has 0 bridgehead atoms. The number of nitrogens with zero attached hydrogens (tertiary/aromatic N) is 3. The maximum absolute atomic E-state index is 4.79. The maximum Gasteiger partial charge on any atom is 0.159 e. The highest BCUT2D eigenvalue weighted by Crippen LogP contribution is 2.29. The average molecular weight is 268 g/mol. The molecule has 1 N–H and O–H groups in total. The number of hydrogen-bond acceptors (Lipinski definition) is 4. The lowest BCUT2D eigenvalue weighted by Crippen LogP contribution is -2.22. The molecule has 2 aromatic heterocycles. The van der Waals surface area contributed by atoms with E-state index in [4.69, 9.17) is 4.98 Å². The molecule has 0 aliphatic heterocycles. The Balaban J connectivity index is 2.04. The molecule has 0 amide bonds. The molecule has 3 rings (SSSR count). The van der Waals surface area contributed by atoms with Crippen molar-refractivity contribution in [2.24, 2.45) is 0 Å². The molecular formula is C16H20N4. The topological polar surface area (TPSA) is 50.7 Å². The third-order valence-corrected chi connectivity index (χ3v) is 3.87. The van der Waals surface area contributed by atoms with Gasteiger partial charge in [0.05, 0.1) is 0 Å². The molecule has 2 heterocycles. The van der Waals surface area contributed by atoms with Gasteiger partial charge in [0.2, 0.25) is 0 Å². The Morgan fingerprint density at radius 3 is 2.60 bits per heavy atom. The van der Waals surface area contributed by atoms with Crippen LogP contribution in [0.4, 0.5) is 0 Å². The summed E-state index contributed by atoms with van der Waals surface area (Å²) >= 11 is 0. The Hall–Kier alpha value is -1.81. The zero-order valence-corrected chi connectivity index (χ0v) is 12.3. The Bertz CT molecular complexity index is 616. The lowest BCUT2D eigenvalue weighted by molar-refractivity contribution is 0.488. The summed E-state index contributed by atoms with van der Waals surface area (Å²) in [6.45, 7) is 4.01. The van der Waals surface area contributed by atoms with Crippen molar-refractivity contribution in [2.75, 3.05) is 7.05 Å². The van der Waals surface area contributed by atoms with Gasteiger partial charge in [-0.1, -0.05) is 0 Å². The highest BCUT2D eigenvalue weighted by atomic mass is 14.9. The lowest BCUT2D eigenvalue weighted by Gasteiger charge is -2.24. The van der Waals surface area contributed by atoms with E-state index < -0.39 is 0 Å². The third kappa shape index (κ3) is 2.43. The van der Waals surface area contributed by atoms with Crippen LogP contribution in [0.15, 0.2) is 18.3 Å². The van der Waals surface area contributed by atoms with Crippen molar-refractivity contribution in [3.63, 3.8) is 0 Å². The summed E-state index contributed by atoms with van der Waals surface area (Å²) in [5.74, 6) is 0.814. The molecule has 4 nitrogen and oxygen atoms in total. The standard InChI is InChI=1S/C16H20N4/c1-10-7-12(8-11(2)19-10)16-18-9-13-14(17-3)5-4-6-15(13)20-16/h7-9,14,17H,4-6H2,1-3H3. The second-order valence-electron chi connectivity index (χ2n) is 5.47. The molecule has 0 saturated carbocycles. The van der Waals surface area contributed by atoms with Gasteiger partial charge in [-0.05, 0) is 52.3 Å². The number of rotatable bonds is 2. The van der Waals surface area contributed by atoms with E-state index >= 15 is 0 Å². The number of aromatic nitrogens is 3. The van der Waals surface area contributed by atoms with Crippen molar-refractivity contribution in [1.29, 1.82) is 0 Å². The van der Waals surface area contributed by atoms with E-state index in [0.29, 0.717) is 6.04 Å². The van der Waals surface area contributed by atoms with E-state index in [1.54, 1.807) is 0 Å². The number of hydrogen-bond donors (Lipinski definition) is 1. The van der Waals surface area contributed by atoms with Crippen molar-refractivity contribution in [3.8, 4) is 11.4 Å². The van der Waals surface area contributed by atoms with Crippen LogP contribution in [0.1, 0.15) is 41.5 Å². The van der Waals surface area contributed by atoms with E-state index in [1.807, 2.05) is 39.2 Å². The number of aryl methyl sites for hydroxylation is 3.